The highest BCUT2D eigenvalue weighted by atomic mass is 79.9. The van der Waals surface area contributed by atoms with Gasteiger partial charge in [0.05, 0.1) is 17.7 Å². The third-order valence-corrected chi connectivity index (χ3v) is 3.62. The number of aliphatic hydroxyl groups is 1. The number of likely N-dealkylation sites (N-methyl/N-ethyl adjacent to an activating group) is 1. The van der Waals surface area contributed by atoms with Crippen molar-refractivity contribution in [2.24, 2.45) is 0 Å². The first-order chi connectivity index (χ1) is 8.50. The average molecular weight is 317 g/mol. The van der Waals surface area contributed by atoms with Crippen LogP contribution >= 0.6 is 15.9 Å². The lowest BCUT2D eigenvalue weighted by Crippen LogP contribution is -2.44. The van der Waals surface area contributed by atoms with Crippen LogP contribution in [-0.4, -0.2) is 48.2 Å². The molecule has 4 nitrogen and oxygen atoms in total. The van der Waals surface area contributed by atoms with E-state index in [1.165, 1.54) is 17.0 Å². The Bertz CT molecular complexity index is 469. The third kappa shape index (κ3) is 2.55. The number of amides is 1. The van der Waals surface area contributed by atoms with Gasteiger partial charge in [0.1, 0.15) is 5.82 Å². The fraction of sp³-hybridized carbons (Fsp3) is 0.417. The van der Waals surface area contributed by atoms with Gasteiger partial charge in [0, 0.05) is 24.6 Å². The molecule has 1 aromatic rings. The maximum atomic E-state index is 13.7. The Balaban J connectivity index is 2.20. The van der Waals surface area contributed by atoms with Gasteiger partial charge in [-0.3, -0.25) is 4.79 Å². The first-order valence-electron chi connectivity index (χ1n) is 5.61. The van der Waals surface area contributed by atoms with Crippen LogP contribution in [0.15, 0.2) is 22.7 Å². The largest absolute Gasteiger partial charge is 0.390 e. The molecule has 1 amide bonds. The van der Waals surface area contributed by atoms with Crippen molar-refractivity contribution in [2.45, 2.75) is 12.1 Å². The van der Waals surface area contributed by atoms with Crippen molar-refractivity contribution in [1.29, 1.82) is 0 Å². The molecule has 0 aliphatic carbocycles. The average Bonchev–Trinajstić information content (AvgIpc) is 2.74. The van der Waals surface area contributed by atoms with Crippen LogP contribution in [0.2, 0.25) is 0 Å². The second kappa shape index (κ2) is 5.34. The molecule has 0 bridgehead atoms. The van der Waals surface area contributed by atoms with E-state index in [1.54, 1.807) is 13.1 Å². The van der Waals surface area contributed by atoms with Crippen LogP contribution in [0.1, 0.15) is 10.4 Å². The lowest BCUT2D eigenvalue weighted by atomic mass is 10.1. The van der Waals surface area contributed by atoms with Gasteiger partial charge in [0.2, 0.25) is 0 Å². The number of nitrogens with zero attached hydrogens (tertiary/aromatic N) is 1. The summed E-state index contributed by atoms with van der Waals surface area (Å²) in [4.78, 5) is 13.5. The molecule has 2 atom stereocenters. The summed E-state index contributed by atoms with van der Waals surface area (Å²) in [5.41, 5.74) is 0.0137. The second-order valence-corrected chi connectivity index (χ2v) is 5.25. The summed E-state index contributed by atoms with van der Waals surface area (Å²) in [6.07, 6.45) is -0.613. The SMILES string of the molecule is CN(C(=O)c1ccc(Br)cc1F)[C@@H]1CNC[C@H]1O. The zero-order valence-corrected chi connectivity index (χ0v) is 11.4. The van der Waals surface area contributed by atoms with E-state index in [4.69, 9.17) is 0 Å². The summed E-state index contributed by atoms with van der Waals surface area (Å²) >= 11 is 3.14. The summed E-state index contributed by atoms with van der Waals surface area (Å²) in [6, 6.07) is 3.99. The smallest absolute Gasteiger partial charge is 0.256 e. The summed E-state index contributed by atoms with van der Waals surface area (Å²) in [5.74, 6) is -0.991. The van der Waals surface area contributed by atoms with Crippen LogP contribution in [0.25, 0.3) is 0 Å². The molecule has 0 aromatic heterocycles. The number of aliphatic hydroxyl groups excluding tert-OH is 1. The van der Waals surface area contributed by atoms with Crippen molar-refractivity contribution in [3.05, 3.63) is 34.1 Å². The zero-order chi connectivity index (χ0) is 13.3. The molecular weight excluding hydrogens is 303 g/mol. The van der Waals surface area contributed by atoms with E-state index in [-0.39, 0.29) is 11.6 Å². The normalized spacial score (nSPS) is 23.1. The molecule has 1 fully saturated rings. The van der Waals surface area contributed by atoms with E-state index in [0.29, 0.717) is 17.6 Å². The number of carbonyl (C=O) groups is 1. The highest BCUT2D eigenvalue weighted by Gasteiger charge is 2.32. The van der Waals surface area contributed by atoms with E-state index in [9.17, 15) is 14.3 Å². The molecule has 1 aliphatic heterocycles. The fourth-order valence-electron chi connectivity index (χ4n) is 2.05. The van der Waals surface area contributed by atoms with Gasteiger partial charge < -0.3 is 15.3 Å². The number of halogens is 2. The standard InChI is InChI=1S/C12H14BrFN2O2/c1-16(10-5-15-6-11(10)17)12(18)8-3-2-7(13)4-9(8)14/h2-4,10-11,15,17H,5-6H2,1H3/t10-,11-/m1/s1. The van der Waals surface area contributed by atoms with Crippen molar-refractivity contribution >= 4 is 21.8 Å². The quantitative estimate of drug-likeness (QED) is 0.855. The first kappa shape index (κ1) is 13.5. The van der Waals surface area contributed by atoms with Crippen molar-refractivity contribution in [2.75, 3.05) is 20.1 Å². The number of β-amino-alcohol motifs (C(OH)–C–C–N with tert-alkyl or cyclic N) is 1. The Morgan fingerprint density at radius 2 is 2.28 bits per heavy atom. The number of hydrogen-bond acceptors (Lipinski definition) is 3. The van der Waals surface area contributed by atoms with Crippen molar-refractivity contribution in [1.82, 2.24) is 10.2 Å². The minimum Gasteiger partial charge on any atom is -0.390 e. The zero-order valence-electron chi connectivity index (χ0n) is 9.86. The van der Waals surface area contributed by atoms with Gasteiger partial charge in [-0.15, -0.1) is 0 Å². The number of hydrogen-bond donors (Lipinski definition) is 2. The van der Waals surface area contributed by atoms with Crippen molar-refractivity contribution in [3.63, 3.8) is 0 Å². The molecule has 0 saturated carbocycles. The van der Waals surface area contributed by atoms with E-state index >= 15 is 0 Å². The molecule has 98 valence electrons. The molecule has 0 radical (unpaired) electrons. The van der Waals surface area contributed by atoms with Gasteiger partial charge >= 0.3 is 0 Å². The molecule has 6 heteroatoms. The topological polar surface area (TPSA) is 52.6 Å². The molecule has 0 spiro atoms. The highest BCUT2D eigenvalue weighted by molar-refractivity contribution is 9.10. The van der Waals surface area contributed by atoms with Crippen LogP contribution in [0.3, 0.4) is 0 Å². The molecule has 18 heavy (non-hydrogen) atoms. The Hall–Kier alpha value is -0.980. The Morgan fingerprint density at radius 3 is 2.83 bits per heavy atom. The minimum atomic E-state index is -0.613. The number of rotatable bonds is 2. The molecule has 1 heterocycles. The predicted octanol–water partition coefficient (Wildman–Crippen LogP) is 0.993. The lowest BCUT2D eigenvalue weighted by Gasteiger charge is -2.26. The molecule has 1 aromatic carbocycles. The van der Waals surface area contributed by atoms with Gasteiger partial charge in [-0.25, -0.2) is 4.39 Å². The second-order valence-electron chi connectivity index (χ2n) is 4.33. The van der Waals surface area contributed by atoms with E-state index in [0.717, 1.165) is 0 Å². The summed E-state index contributed by atoms with van der Waals surface area (Å²) < 4.78 is 14.3. The van der Waals surface area contributed by atoms with E-state index < -0.39 is 17.8 Å². The number of nitrogens with one attached hydrogen (secondary N) is 1. The minimum absolute atomic E-state index is 0.0137. The predicted molar refractivity (Wildman–Crippen MR) is 68.9 cm³/mol. The van der Waals surface area contributed by atoms with Crippen molar-refractivity contribution < 1.29 is 14.3 Å². The monoisotopic (exact) mass is 316 g/mol. The van der Waals surface area contributed by atoms with Gasteiger partial charge in [-0.05, 0) is 18.2 Å². The van der Waals surface area contributed by atoms with E-state index in [1.807, 2.05) is 0 Å². The molecule has 2 N–H and O–H groups in total. The van der Waals surface area contributed by atoms with Crippen LogP contribution in [0.4, 0.5) is 4.39 Å². The van der Waals surface area contributed by atoms with Crippen LogP contribution in [0.5, 0.6) is 0 Å². The number of benzene rings is 1. The van der Waals surface area contributed by atoms with Gasteiger partial charge in [0.15, 0.2) is 0 Å². The first-order valence-corrected chi connectivity index (χ1v) is 6.41. The highest BCUT2D eigenvalue weighted by Crippen LogP contribution is 2.18. The Morgan fingerprint density at radius 1 is 1.56 bits per heavy atom. The van der Waals surface area contributed by atoms with Crippen LogP contribution in [0, 0.1) is 5.82 Å². The van der Waals surface area contributed by atoms with E-state index in [2.05, 4.69) is 21.2 Å². The third-order valence-electron chi connectivity index (χ3n) is 3.13. The van der Waals surface area contributed by atoms with Crippen LogP contribution in [-0.2, 0) is 0 Å². The van der Waals surface area contributed by atoms with Gasteiger partial charge in [-0.2, -0.15) is 0 Å². The van der Waals surface area contributed by atoms with Gasteiger partial charge in [-0.1, -0.05) is 15.9 Å². The van der Waals surface area contributed by atoms with Crippen molar-refractivity contribution in [3.8, 4) is 0 Å². The molecule has 2 rings (SSSR count). The summed E-state index contributed by atoms with van der Waals surface area (Å²) in [6.45, 7) is 0.965. The lowest BCUT2D eigenvalue weighted by molar-refractivity contribution is 0.0577. The maximum Gasteiger partial charge on any atom is 0.256 e. The van der Waals surface area contributed by atoms with Gasteiger partial charge in [0.25, 0.3) is 5.91 Å². The molecular formula is C12H14BrFN2O2. The maximum absolute atomic E-state index is 13.7. The summed E-state index contributed by atoms with van der Waals surface area (Å²) in [5, 5.41) is 12.7. The molecule has 1 aliphatic rings. The molecule has 0 unspecified atom stereocenters. The summed E-state index contributed by atoms with van der Waals surface area (Å²) in [7, 11) is 1.57. The fourth-order valence-corrected chi connectivity index (χ4v) is 2.38. The van der Waals surface area contributed by atoms with Crippen LogP contribution < -0.4 is 5.32 Å². The molecule has 1 saturated heterocycles. The number of carbonyl (C=O) groups excluding carboxylic acids is 1. The Labute approximate surface area is 113 Å². The Kier molecular flexibility index (Phi) is 3.99.